The third-order valence-electron chi connectivity index (χ3n) is 3.41. The van der Waals surface area contributed by atoms with Crippen LogP contribution in [-0.4, -0.2) is 48.7 Å². The number of hydrogen-bond donors (Lipinski definition) is 2. The van der Waals surface area contributed by atoms with Crippen molar-refractivity contribution in [2.24, 2.45) is 0 Å². The minimum Gasteiger partial charge on any atom is -0.396 e. The zero-order valence-corrected chi connectivity index (χ0v) is 11.0. The first-order valence-corrected chi connectivity index (χ1v) is 6.82. The lowest BCUT2D eigenvalue weighted by atomic mass is 10.0. The highest BCUT2D eigenvalue weighted by molar-refractivity contribution is 5.76. The van der Waals surface area contributed by atoms with Gasteiger partial charge >= 0.3 is 0 Å². The maximum absolute atomic E-state index is 11.9. The summed E-state index contributed by atoms with van der Waals surface area (Å²) in [5.74, 6) is 0.244. The summed E-state index contributed by atoms with van der Waals surface area (Å²) in [7, 11) is 1.88. The van der Waals surface area contributed by atoms with E-state index in [2.05, 4.69) is 5.32 Å². The van der Waals surface area contributed by atoms with Gasteiger partial charge in [-0.1, -0.05) is 6.42 Å². The van der Waals surface area contributed by atoms with Crippen LogP contribution in [0.3, 0.4) is 0 Å². The first-order valence-electron chi connectivity index (χ1n) is 6.82. The van der Waals surface area contributed by atoms with E-state index in [0.29, 0.717) is 12.5 Å². The second-order valence-electron chi connectivity index (χ2n) is 4.95. The van der Waals surface area contributed by atoms with Gasteiger partial charge in [0.1, 0.15) is 0 Å². The predicted octanol–water partition coefficient (Wildman–Crippen LogP) is 1.14. The Hall–Kier alpha value is -0.610. The number of piperidine rings is 1. The summed E-state index contributed by atoms with van der Waals surface area (Å²) in [5.41, 5.74) is 0. The third kappa shape index (κ3) is 6.03. The Kier molecular flexibility index (Phi) is 7.21. The van der Waals surface area contributed by atoms with Gasteiger partial charge in [-0.3, -0.25) is 4.79 Å². The van der Waals surface area contributed by atoms with Gasteiger partial charge in [0.2, 0.25) is 5.91 Å². The van der Waals surface area contributed by atoms with Gasteiger partial charge in [0.25, 0.3) is 0 Å². The number of carbonyl (C=O) groups excluding carboxylic acids is 1. The van der Waals surface area contributed by atoms with E-state index in [-0.39, 0.29) is 12.5 Å². The molecular formula is C13H26N2O2. The molecule has 17 heavy (non-hydrogen) atoms. The minimum absolute atomic E-state index is 0.244. The third-order valence-corrected chi connectivity index (χ3v) is 3.41. The van der Waals surface area contributed by atoms with Crippen molar-refractivity contribution in [3.63, 3.8) is 0 Å². The highest BCUT2D eigenvalue weighted by Gasteiger charge is 2.18. The summed E-state index contributed by atoms with van der Waals surface area (Å²) in [4.78, 5) is 13.7. The highest BCUT2D eigenvalue weighted by Crippen LogP contribution is 2.11. The monoisotopic (exact) mass is 242 g/mol. The van der Waals surface area contributed by atoms with Crippen molar-refractivity contribution in [3.05, 3.63) is 0 Å². The van der Waals surface area contributed by atoms with Crippen molar-refractivity contribution >= 4 is 5.91 Å². The van der Waals surface area contributed by atoms with Gasteiger partial charge < -0.3 is 15.3 Å². The lowest BCUT2D eigenvalue weighted by Crippen LogP contribution is -2.39. The summed E-state index contributed by atoms with van der Waals surface area (Å²) in [6, 6.07) is 0.385. The Morgan fingerprint density at radius 3 is 2.82 bits per heavy atom. The second-order valence-corrected chi connectivity index (χ2v) is 4.95. The van der Waals surface area contributed by atoms with Crippen LogP contribution in [0.25, 0.3) is 0 Å². The van der Waals surface area contributed by atoms with E-state index < -0.39 is 0 Å². The molecule has 0 aromatic carbocycles. The Morgan fingerprint density at radius 1 is 1.35 bits per heavy atom. The van der Waals surface area contributed by atoms with Crippen LogP contribution >= 0.6 is 0 Å². The summed E-state index contributed by atoms with van der Waals surface area (Å²) >= 11 is 0. The molecule has 0 saturated carbocycles. The number of nitrogens with zero attached hydrogens (tertiary/aromatic N) is 1. The molecule has 0 aromatic heterocycles. The van der Waals surface area contributed by atoms with E-state index in [0.717, 1.165) is 38.8 Å². The van der Waals surface area contributed by atoms with Crippen molar-refractivity contribution < 1.29 is 9.90 Å². The average Bonchev–Trinajstić information content (AvgIpc) is 2.35. The van der Waals surface area contributed by atoms with Crippen molar-refractivity contribution in [2.45, 2.75) is 51.0 Å². The summed E-state index contributed by atoms with van der Waals surface area (Å²) in [6.07, 6.45) is 7.07. The zero-order valence-electron chi connectivity index (χ0n) is 11.0. The topological polar surface area (TPSA) is 52.6 Å². The van der Waals surface area contributed by atoms with Crippen LogP contribution in [0.15, 0.2) is 0 Å². The number of amides is 1. The molecule has 1 heterocycles. The summed E-state index contributed by atoms with van der Waals surface area (Å²) in [6.45, 7) is 2.12. The SMILES string of the molecule is CN(CCCCCO)C(=O)CC1CCCCN1. The van der Waals surface area contributed by atoms with Gasteiger partial charge in [0.05, 0.1) is 0 Å². The molecule has 0 spiro atoms. The maximum Gasteiger partial charge on any atom is 0.223 e. The molecule has 4 heteroatoms. The molecule has 0 radical (unpaired) electrons. The van der Waals surface area contributed by atoms with Gasteiger partial charge in [-0.15, -0.1) is 0 Å². The molecule has 0 aromatic rings. The Labute approximate surface area is 104 Å². The number of hydrogen-bond acceptors (Lipinski definition) is 3. The lowest BCUT2D eigenvalue weighted by Gasteiger charge is -2.25. The summed E-state index contributed by atoms with van der Waals surface area (Å²) in [5, 5.41) is 12.1. The molecule has 1 fully saturated rings. The van der Waals surface area contributed by atoms with Crippen LogP contribution in [0.2, 0.25) is 0 Å². The van der Waals surface area contributed by atoms with Crippen LogP contribution in [0.5, 0.6) is 0 Å². The fraction of sp³-hybridized carbons (Fsp3) is 0.923. The second kappa shape index (κ2) is 8.48. The molecule has 4 nitrogen and oxygen atoms in total. The fourth-order valence-corrected chi connectivity index (χ4v) is 2.23. The number of rotatable bonds is 7. The molecular weight excluding hydrogens is 216 g/mol. The van der Waals surface area contributed by atoms with Crippen LogP contribution < -0.4 is 5.32 Å². The van der Waals surface area contributed by atoms with Crippen molar-refractivity contribution in [1.82, 2.24) is 10.2 Å². The van der Waals surface area contributed by atoms with E-state index in [1.165, 1.54) is 12.8 Å². The molecule has 1 aliphatic rings. The molecule has 0 bridgehead atoms. The van der Waals surface area contributed by atoms with Crippen LogP contribution in [0, 0.1) is 0 Å². The van der Waals surface area contributed by atoms with Crippen molar-refractivity contribution in [3.8, 4) is 0 Å². The molecule has 1 saturated heterocycles. The van der Waals surface area contributed by atoms with E-state index in [9.17, 15) is 4.79 Å². The van der Waals surface area contributed by atoms with E-state index in [4.69, 9.17) is 5.11 Å². The van der Waals surface area contributed by atoms with Gasteiger partial charge in [-0.25, -0.2) is 0 Å². The predicted molar refractivity (Wildman–Crippen MR) is 68.8 cm³/mol. The van der Waals surface area contributed by atoms with Gasteiger partial charge in [-0.05, 0) is 38.6 Å². The van der Waals surface area contributed by atoms with E-state index in [1.54, 1.807) is 0 Å². The first-order chi connectivity index (χ1) is 8.24. The maximum atomic E-state index is 11.9. The lowest BCUT2D eigenvalue weighted by molar-refractivity contribution is -0.130. The summed E-state index contributed by atoms with van der Waals surface area (Å²) < 4.78 is 0. The van der Waals surface area contributed by atoms with E-state index >= 15 is 0 Å². The molecule has 2 N–H and O–H groups in total. The van der Waals surface area contributed by atoms with Crippen molar-refractivity contribution in [2.75, 3.05) is 26.7 Å². The average molecular weight is 242 g/mol. The Balaban J connectivity index is 2.12. The van der Waals surface area contributed by atoms with Crippen molar-refractivity contribution in [1.29, 1.82) is 0 Å². The smallest absolute Gasteiger partial charge is 0.223 e. The van der Waals surface area contributed by atoms with Gasteiger partial charge in [-0.2, -0.15) is 0 Å². The quantitative estimate of drug-likeness (QED) is 0.658. The van der Waals surface area contributed by atoms with Crippen LogP contribution in [0.1, 0.15) is 44.9 Å². The van der Waals surface area contributed by atoms with Crippen LogP contribution in [-0.2, 0) is 4.79 Å². The van der Waals surface area contributed by atoms with Gasteiger partial charge in [0.15, 0.2) is 0 Å². The number of unbranched alkanes of at least 4 members (excludes halogenated alkanes) is 2. The molecule has 1 rings (SSSR count). The number of nitrogens with one attached hydrogen (secondary N) is 1. The number of carbonyl (C=O) groups is 1. The fourth-order valence-electron chi connectivity index (χ4n) is 2.23. The number of aliphatic hydroxyl groups excluding tert-OH is 1. The number of aliphatic hydroxyl groups is 1. The van der Waals surface area contributed by atoms with Gasteiger partial charge in [0, 0.05) is 32.7 Å². The zero-order chi connectivity index (χ0) is 12.5. The Bertz CT molecular complexity index is 215. The molecule has 1 unspecified atom stereocenters. The first kappa shape index (κ1) is 14.5. The molecule has 1 amide bonds. The largest absolute Gasteiger partial charge is 0.396 e. The molecule has 0 aliphatic carbocycles. The molecule has 1 aliphatic heterocycles. The van der Waals surface area contributed by atoms with Crippen LogP contribution in [0.4, 0.5) is 0 Å². The standard InChI is InChI=1S/C13H26N2O2/c1-15(9-5-2-6-10-16)13(17)11-12-7-3-4-8-14-12/h12,14,16H,2-11H2,1H3. The molecule has 100 valence electrons. The normalized spacial score (nSPS) is 20.2. The highest BCUT2D eigenvalue weighted by atomic mass is 16.2. The Morgan fingerprint density at radius 2 is 2.18 bits per heavy atom. The van der Waals surface area contributed by atoms with E-state index in [1.807, 2.05) is 11.9 Å². The minimum atomic E-state index is 0.244. The molecule has 1 atom stereocenters.